The number of ketones is 1. The molecule has 0 saturated heterocycles. The van der Waals surface area contributed by atoms with Gasteiger partial charge in [0.15, 0.2) is 5.78 Å². The molecule has 8 heteroatoms. The van der Waals surface area contributed by atoms with Crippen LogP contribution in [0.5, 0.6) is 0 Å². The number of nitrogens with one attached hydrogen (secondary N) is 1. The van der Waals surface area contributed by atoms with E-state index in [1.165, 1.54) is 0 Å². The Morgan fingerprint density at radius 2 is 2.21 bits per heavy atom. The smallest absolute Gasteiger partial charge is 0.210 e. The van der Waals surface area contributed by atoms with Gasteiger partial charge in [0.05, 0.1) is 35.2 Å². The van der Waals surface area contributed by atoms with Crippen LogP contribution in [-0.2, 0) is 18.4 Å². The number of benzene rings is 1. The quantitative estimate of drug-likeness (QED) is 0.613. The third kappa shape index (κ3) is 3.65. The molecule has 1 aromatic carbocycles. The first-order valence-electron chi connectivity index (χ1n) is 8.84. The Kier molecular flexibility index (Phi) is 5.14. The molecule has 4 rings (SSSR count). The van der Waals surface area contributed by atoms with Crippen molar-refractivity contribution in [2.45, 2.75) is 17.7 Å². The Labute approximate surface area is 171 Å². The Morgan fingerprint density at radius 1 is 1.39 bits per heavy atom. The highest BCUT2D eigenvalue weighted by Crippen LogP contribution is 2.32. The number of halogens is 1. The molecule has 0 saturated carbocycles. The van der Waals surface area contributed by atoms with Crippen LogP contribution in [0.4, 0.5) is 5.69 Å². The molecule has 28 heavy (non-hydrogen) atoms. The average Bonchev–Trinajstić information content (AvgIpc) is 3.06. The second-order valence-corrected chi connectivity index (χ2v) is 9.21. The van der Waals surface area contributed by atoms with Gasteiger partial charge < -0.3 is 4.55 Å². The SMILES string of the molecule is CC(Cl)[S+]([O-])Nc1ccc2c(c1)C(=O)C1C=C(c3cnn(C)c3)C=NC1C=C2. The van der Waals surface area contributed by atoms with Crippen LogP contribution in [0.3, 0.4) is 0 Å². The van der Waals surface area contributed by atoms with E-state index in [0.717, 1.165) is 16.7 Å². The van der Waals surface area contributed by atoms with Crippen molar-refractivity contribution in [3.05, 3.63) is 59.4 Å². The number of nitrogens with zero attached hydrogens (tertiary/aromatic N) is 3. The van der Waals surface area contributed by atoms with E-state index in [1.54, 1.807) is 36.1 Å². The highest BCUT2D eigenvalue weighted by Gasteiger charge is 2.32. The number of fused-ring (bicyclic) bond motifs is 2. The minimum absolute atomic E-state index is 0.0170. The Morgan fingerprint density at radius 3 is 2.93 bits per heavy atom. The third-order valence-corrected chi connectivity index (χ3v) is 6.27. The summed E-state index contributed by atoms with van der Waals surface area (Å²) >= 11 is 4.44. The Bertz CT molecular complexity index is 1010. The lowest BCUT2D eigenvalue weighted by molar-refractivity contribution is 0.0940. The number of aliphatic imine (C=N–C) groups is 1. The molecule has 1 aromatic heterocycles. The zero-order chi connectivity index (χ0) is 19.8. The number of Topliss-reactive ketones (excluding diaryl/α,β-unsaturated/α-hetero) is 1. The van der Waals surface area contributed by atoms with E-state index in [2.05, 4.69) is 14.8 Å². The summed E-state index contributed by atoms with van der Waals surface area (Å²) in [5.41, 5.74) is 3.80. The van der Waals surface area contributed by atoms with Crippen LogP contribution in [0.2, 0.25) is 0 Å². The summed E-state index contributed by atoms with van der Waals surface area (Å²) in [6.45, 7) is 1.65. The van der Waals surface area contributed by atoms with Gasteiger partial charge >= 0.3 is 0 Å². The molecule has 1 aliphatic heterocycles. The summed E-state index contributed by atoms with van der Waals surface area (Å²) < 4.78 is 16.0. The number of carbonyl (C=O) groups is 1. The number of alkyl halides is 1. The molecule has 2 aromatic rings. The van der Waals surface area contributed by atoms with Crippen molar-refractivity contribution in [1.29, 1.82) is 0 Å². The zero-order valence-corrected chi connectivity index (χ0v) is 16.9. The van der Waals surface area contributed by atoms with Gasteiger partial charge in [-0.25, -0.2) is 4.72 Å². The van der Waals surface area contributed by atoms with Crippen LogP contribution < -0.4 is 4.72 Å². The minimum Gasteiger partial charge on any atom is -0.592 e. The van der Waals surface area contributed by atoms with E-state index in [9.17, 15) is 9.35 Å². The first-order valence-corrected chi connectivity index (χ1v) is 10.5. The van der Waals surface area contributed by atoms with Crippen molar-refractivity contribution in [2.24, 2.45) is 18.0 Å². The fourth-order valence-corrected chi connectivity index (χ4v) is 3.95. The first-order chi connectivity index (χ1) is 13.4. The highest BCUT2D eigenvalue weighted by molar-refractivity contribution is 7.94. The van der Waals surface area contributed by atoms with Gasteiger partial charge in [0, 0.05) is 37.5 Å². The molecule has 0 bridgehead atoms. The molecular weight excluding hydrogens is 396 g/mol. The number of allylic oxidation sites excluding steroid dienone is 1. The number of dihydropyridines is 1. The molecule has 0 radical (unpaired) electrons. The molecule has 0 fully saturated rings. The summed E-state index contributed by atoms with van der Waals surface area (Å²) in [7, 11) is 1.85. The van der Waals surface area contributed by atoms with Crippen LogP contribution in [0, 0.1) is 5.92 Å². The van der Waals surface area contributed by atoms with Crippen molar-refractivity contribution < 1.29 is 9.35 Å². The van der Waals surface area contributed by atoms with E-state index >= 15 is 0 Å². The molecule has 2 aliphatic rings. The number of carbonyl (C=O) groups excluding carboxylic acids is 1. The predicted molar refractivity (Wildman–Crippen MR) is 114 cm³/mol. The van der Waals surface area contributed by atoms with E-state index in [0.29, 0.717) is 11.3 Å². The van der Waals surface area contributed by atoms with E-state index in [1.807, 2.05) is 37.5 Å². The van der Waals surface area contributed by atoms with Crippen molar-refractivity contribution >= 4 is 52.3 Å². The van der Waals surface area contributed by atoms with Gasteiger partial charge in [-0.1, -0.05) is 35.9 Å². The van der Waals surface area contributed by atoms with Gasteiger partial charge in [-0.2, -0.15) is 5.10 Å². The predicted octanol–water partition coefficient (Wildman–Crippen LogP) is 3.44. The molecular formula is C20H19ClN4O2S. The monoisotopic (exact) mass is 414 g/mol. The average molecular weight is 415 g/mol. The standard InChI is InChI=1S/C20H19ClN4O2S/c1-12(21)28(27)24-16-5-3-13-4-6-19-18(20(26)17(13)8-16)7-14(9-22-19)15-10-23-25(2)11-15/h3-12,18-19,24H,1-2H3. The van der Waals surface area contributed by atoms with Crippen molar-refractivity contribution in [3.8, 4) is 0 Å². The lowest BCUT2D eigenvalue weighted by Gasteiger charge is -2.21. The van der Waals surface area contributed by atoms with Crippen molar-refractivity contribution in [2.75, 3.05) is 4.72 Å². The summed E-state index contributed by atoms with van der Waals surface area (Å²) in [5.74, 6) is -0.415. The number of aromatic nitrogens is 2. The van der Waals surface area contributed by atoms with Crippen molar-refractivity contribution in [3.63, 3.8) is 0 Å². The second-order valence-electron chi connectivity index (χ2n) is 6.79. The lowest BCUT2D eigenvalue weighted by atomic mass is 9.87. The van der Waals surface area contributed by atoms with E-state index < -0.39 is 22.0 Å². The molecule has 4 unspecified atom stereocenters. The molecule has 2 heterocycles. The fourth-order valence-electron chi connectivity index (χ4n) is 3.29. The summed E-state index contributed by atoms with van der Waals surface area (Å²) in [6, 6.07) is 5.13. The van der Waals surface area contributed by atoms with Crippen LogP contribution >= 0.6 is 11.6 Å². The first kappa shape index (κ1) is 19.0. The third-order valence-electron chi connectivity index (χ3n) is 4.76. The number of aryl methyl sites for hydroxylation is 1. The van der Waals surface area contributed by atoms with Crippen LogP contribution in [-0.4, -0.2) is 37.1 Å². The Hall–Kier alpha value is -2.35. The van der Waals surface area contributed by atoms with Gasteiger partial charge in [0.2, 0.25) is 4.71 Å². The molecule has 0 amide bonds. The molecule has 1 N–H and O–H groups in total. The minimum atomic E-state index is -1.43. The fraction of sp³-hybridized carbons (Fsp3) is 0.250. The summed E-state index contributed by atoms with van der Waals surface area (Å²) in [5, 5.41) is 4.19. The number of hydrogen-bond acceptors (Lipinski definition) is 5. The van der Waals surface area contributed by atoms with Gasteiger partial charge in [-0.15, -0.1) is 0 Å². The maximum Gasteiger partial charge on any atom is 0.210 e. The summed E-state index contributed by atoms with van der Waals surface area (Å²) in [6.07, 6.45) is 11.3. The normalized spacial score (nSPS) is 22.7. The summed E-state index contributed by atoms with van der Waals surface area (Å²) in [4.78, 5) is 17.9. The van der Waals surface area contributed by atoms with Gasteiger partial charge in [0.1, 0.15) is 0 Å². The molecule has 1 aliphatic carbocycles. The van der Waals surface area contributed by atoms with Gasteiger partial charge in [-0.3, -0.25) is 14.5 Å². The number of hydrogen-bond donors (Lipinski definition) is 1. The van der Waals surface area contributed by atoms with Crippen LogP contribution in [0.15, 0.2) is 47.7 Å². The van der Waals surface area contributed by atoms with E-state index in [4.69, 9.17) is 11.6 Å². The number of anilines is 1. The van der Waals surface area contributed by atoms with Crippen LogP contribution in [0.1, 0.15) is 28.4 Å². The molecule has 0 spiro atoms. The topological polar surface area (TPSA) is 82.3 Å². The zero-order valence-electron chi connectivity index (χ0n) is 15.4. The van der Waals surface area contributed by atoms with Gasteiger partial charge in [0.25, 0.3) is 0 Å². The van der Waals surface area contributed by atoms with E-state index in [-0.39, 0.29) is 11.8 Å². The molecule has 6 nitrogen and oxygen atoms in total. The van der Waals surface area contributed by atoms with Crippen LogP contribution in [0.25, 0.3) is 11.6 Å². The molecule has 4 atom stereocenters. The van der Waals surface area contributed by atoms with Gasteiger partial charge in [-0.05, 0) is 23.3 Å². The van der Waals surface area contributed by atoms with Crippen molar-refractivity contribution in [1.82, 2.24) is 9.78 Å². The second kappa shape index (κ2) is 7.58. The number of rotatable bonds is 4. The lowest BCUT2D eigenvalue weighted by Crippen LogP contribution is -2.26. The largest absolute Gasteiger partial charge is 0.592 e. The highest BCUT2D eigenvalue weighted by atomic mass is 35.5. The Balaban J connectivity index is 1.67. The maximum absolute atomic E-state index is 13.3. The maximum atomic E-state index is 13.3. The molecule has 144 valence electrons.